The number of amides is 1. The second kappa shape index (κ2) is 7.13. The van der Waals surface area contributed by atoms with Gasteiger partial charge in [0.2, 0.25) is 5.91 Å². The van der Waals surface area contributed by atoms with Crippen LogP contribution in [0.15, 0.2) is 24.3 Å². The summed E-state index contributed by atoms with van der Waals surface area (Å²) in [6.07, 6.45) is -0.161. The molecule has 1 amide bonds. The molecule has 122 valence electrons. The van der Waals surface area contributed by atoms with Gasteiger partial charge < -0.3 is 11.1 Å². The maximum Gasteiger partial charge on any atom is 0.416 e. The molecule has 1 aromatic carbocycles. The van der Waals surface area contributed by atoms with Crippen molar-refractivity contribution in [2.75, 3.05) is 0 Å². The van der Waals surface area contributed by atoms with Gasteiger partial charge in [-0.05, 0) is 30.4 Å². The number of nitrogens with one attached hydrogen (secondary N) is 1. The van der Waals surface area contributed by atoms with E-state index < -0.39 is 11.7 Å². The number of hydrogen-bond donors (Lipinski definition) is 2. The zero-order chi connectivity index (χ0) is 16.2. The van der Waals surface area contributed by atoms with E-state index in [1.807, 2.05) is 0 Å². The van der Waals surface area contributed by atoms with Gasteiger partial charge in [0.1, 0.15) is 0 Å². The van der Waals surface area contributed by atoms with Crippen LogP contribution >= 0.6 is 0 Å². The lowest BCUT2D eigenvalue weighted by Gasteiger charge is -2.28. The predicted molar refractivity (Wildman–Crippen MR) is 77.8 cm³/mol. The van der Waals surface area contributed by atoms with Gasteiger partial charge >= 0.3 is 6.18 Å². The summed E-state index contributed by atoms with van der Waals surface area (Å²) in [5, 5.41) is 2.58. The predicted octanol–water partition coefficient (Wildman–Crippen LogP) is 3.23. The molecule has 3 nitrogen and oxygen atoms in total. The smallest absolute Gasteiger partial charge is 0.352 e. The first-order chi connectivity index (χ1) is 10.4. The van der Waals surface area contributed by atoms with Gasteiger partial charge in [0.05, 0.1) is 5.56 Å². The van der Waals surface area contributed by atoms with Crippen molar-refractivity contribution in [2.24, 2.45) is 11.7 Å². The molecule has 0 spiro atoms. The van der Waals surface area contributed by atoms with Crippen molar-refractivity contribution in [3.8, 4) is 0 Å². The molecule has 1 aromatic rings. The minimum absolute atomic E-state index is 0.0157. The van der Waals surface area contributed by atoms with E-state index in [2.05, 4.69) is 5.32 Å². The van der Waals surface area contributed by atoms with E-state index in [0.29, 0.717) is 0 Å². The number of carbonyl (C=O) groups excluding carboxylic acids is 1. The Labute approximate surface area is 128 Å². The van der Waals surface area contributed by atoms with E-state index in [9.17, 15) is 18.0 Å². The maximum atomic E-state index is 12.9. The molecule has 0 bridgehead atoms. The van der Waals surface area contributed by atoms with Crippen LogP contribution in [0.2, 0.25) is 0 Å². The van der Waals surface area contributed by atoms with Crippen LogP contribution in [0.4, 0.5) is 13.2 Å². The van der Waals surface area contributed by atoms with Gasteiger partial charge in [0.15, 0.2) is 0 Å². The Hall–Kier alpha value is -1.56. The van der Waals surface area contributed by atoms with Crippen LogP contribution < -0.4 is 11.1 Å². The summed E-state index contributed by atoms with van der Waals surface area (Å²) < 4.78 is 38.6. The van der Waals surface area contributed by atoms with Crippen molar-refractivity contribution in [3.63, 3.8) is 0 Å². The fraction of sp³-hybridized carbons (Fsp3) is 0.562. The van der Waals surface area contributed by atoms with Crippen LogP contribution in [-0.4, -0.2) is 11.9 Å². The van der Waals surface area contributed by atoms with Crippen molar-refractivity contribution in [2.45, 2.75) is 50.9 Å². The molecule has 2 rings (SSSR count). The molecule has 1 saturated carbocycles. The molecule has 1 aliphatic rings. The number of alkyl halides is 3. The van der Waals surface area contributed by atoms with E-state index in [-0.39, 0.29) is 36.4 Å². The van der Waals surface area contributed by atoms with Crippen LogP contribution in [0.5, 0.6) is 0 Å². The highest BCUT2D eigenvalue weighted by Crippen LogP contribution is 2.32. The van der Waals surface area contributed by atoms with Crippen molar-refractivity contribution >= 4 is 5.91 Å². The van der Waals surface area contributed by atoms with Gasteiger partial charge in [0.25, 0.3) is 0 Å². The molecule has 22 heavy (non-hydrogen) atoms. The summed E-state index contributed by atoms with van der Waals surface area (Å²) in [6, 6.07) is 5.30. The van der Waals surface area contributed by atoms with Crippen molar-refractivity contribution in [1.82, 2.24) is 5.32 Å². The Kier molecular flexibility index (Phi) is 5.45. The first kappa shape index (κ1) is 16.8. The Morgan fingerprint density at radius 2 is 1.91 bits per heavy atom. The lowest BCUT2D eigenvalue weighted by atomic mass is 9.83. The van der Waals surface area contributed by atoms with E-state index >= 15 is 0 Å². The lowest BCUT2D eigenvalue weighted by molar-refractivity contribution is -0.138. The average Bonchev–Trinajstić information content (AvgIpc) is 2.47. The molecule has 0 aliphatic heterocycles. The van der Waals surface area contributed by atoms with Crippen molar-refractivity contribution in [1.29, 1.82) is 0 Å². The third-order valence-electron chi connectivity index (χ3n) is 4.21. The molecular formula is C16H21F3N2O. The maximum absolute atomic E-state index is 12.9. The second-order valence-electron chi connectivity index (χ2n) is 5.84. The second-order valence-corrected chi connectivity index (χ2v) is 5.84. The third kappa shape index (κ3) is 4.47. The van der Waals surface area contributed by atoms with Crippen molar-refractivity contribution in [3.05, 3.63) is 35.4 Å². The minimum atomic E-state index is -4.41. The number of hydrogen-bond acceptors (Lipinski definition) is 2. The van der Waals surface area contributed by atoms with Gasteiger partial charge in [-0.1, -0.05) is 31.0 Å². The Morgan fingerprint density at radius 1 is 1.23 bits per heavy atom. The van der Waals surface area contributed by atoms with E-state index in [0.717, 1.165) is 31.7 Å². The number of carbonyl (C=O) groups is 1. The third-order valence-corrected chi connectivity index (χ3v) is 4.21. The molecule has 1 aliphatic carbocycles. The summed E-state index contributed by atoms with van der Waals surface area (Å²) in [5.74, 6) is -0.106. The summed E-state index contributed by atoms with van der Waals surface area (Å²) in [7, 11) is 0. The lowest BCUT2D eigenvalue weighted by Crippen LogP contribution is -2.37. The summed E-state index contributed by atoms with van der Waals surface area (Å²) in [4.78, 5) is 11.9. The fourth-order valence-corrected chi connectivity index (χ4v) is 2.94. The molecular weight excluding hydrogens is 293 g/mol. The molecule has 0 aromatic heterocycles. The zero-order valence-corrected chi connectivity index (χ0v) is 12.3. The largest absolute Gasteiger partial charge is 0.416 e. The van der Waals surface area contributed by atoms with Crippen LogP contribution in [0, 0.1) is 5.92 Å². The SMILES string of the molecule is NC1CCCCC1CC(=O)NCc1ccccc1C(F)(F)F. The highest BCUT2D eigenvalue weighted by Gasteiger charge is 2.33. The fourth-order valence-electron chi connectivity index (χ4n) is 2.94. The zero-order valence-electron chi connectivity index (χ0n) is 12.3. The first-order valence-corrected chi connectivity index (χ1v) is 7.55. The molecule has 1 fully saturated rings. The topological polar surface area (TPSA) is 55.1 Å². The average molecular weight is 314 g/mol. The van der Waals surface area contributed by atoms with Crippen molar-refractivity contribution < 1.29 is 18.0 Å². The van der Waals surface area contributed by atoms with E-state index in [4.69, 9.17) is 5.73 Å². The molecule has 2 unspecified atom stereocenters. The first-order valence-electron chi connectivity index (χ1n) is 7.55. The highest BCUT2D eigenvalue weighted by atomic mass is 19.4. The Balaban J connectivity index is 1.91. The molecule has 0 heterocycles. The van der Waals surface area contributed by atoms with Crippen LogP contribution in [-0.2, 0) is 17.5 Å². The van der Waals surface area contributed by atoms with Gasteiger partial charge in [-0.25, -0.2) is 0 Å². The van der Waals surface area contributed by atoms with Gasteiger partial charge in [0, 0.05) is 19.0 Å². The number of rotatable bonds is 4. The summed E-state index contributed by atoms with van der Waals surface area (Å²) >= 11 is 0. The number of halogens is 3. The normalized spacial score (nSPS) is 22.4. The number of nitrogens with two attached hydrogens (primary N) is 1. The van der Waals surface area contributed by atoms with Gasteiger partial charge in [-0.2, -0.15) is 13.2 Å². The Morgan fingerprint density at radius 3 is 2.59 bits per heavy atom. The molecule has 6 heteroatoms. The monoisotopic (exact) mass is 314 g/mol. The van der Waals surface area contributed by atoms with Gasteiger partial charge in [-0.3, -0.25) is 4.79 Å². The van der Waals surface area contributed by atoms with Crippen LogP contribution in [0.1, 0.15) is 43.2 Å². The van der Waals surface area contributed by atoms with Gasteiger partial charge in [-0.15, -0.1) is 0 Å². The standard InChI is InChI=1S/C16H21F3N2O/c17-16(18,19)13-7-3-1-6-12(13)10-21-15(22)9-11-5-2-4-8-14(11)20/h1,3,6-7,11,14H,2,4-5,8-10,20H2,(H,21,22). The highest BCUT2D eigenvalue weighted by molar-refractivity contribution is 5.76. The molecule has 3 N–H and O–H groups in total. The minimum Gasteiger partial charge on any atom is -0.352 e. The Bertz CT molecular complexity index is 516. The van der Waals surface area contributed by atoms with Crippen LogP contribution in [0.3, 0.4) is 0 Å². The molecule has 2 atom stereocenters. The van der Waals surface area contributed by atoms with E-state index in [1.54, 1.807) is 0 Å². The number of benzene rings is 1. The van der Waals surface area contributed by atoms with Crippen LogP contribution in [0.25, 0.3) is 0 Å². The van der Waals surface area contributed by atoms with E-state index in [1.165, 1.54) is 18.2 Å². The summed E-state index contributed by atoms with van der Waals surface area (Å²) in [5.41, 5.74) is 5.36. The summed E-state index contributed by atoms with van der Waals surface area (Å²) in [6.45, 7) is -0.115. The quantitative estimate of drug-likeness (QED) is 0.896. The molecule has 0 saturated heterocycles. The molecule has 0 radical (unpaired) electrons.